The molecule has 126 valence electrons. The first kappa shape index (κ1) is 16.3. The van der Waals surface area contributed by atoms with Crippen LogP contribution in [0.1, 0.15) is 27.6 Å². The molecule has 7 nitrogen and oxygen atoms in total. The average Bonchev–Trinajstić information content (AvgIpc) is 2.52. The number of ether oxygens (including phenoxy) is 2. The number of primary amides is 1. The van der Waals surface area contributed by atoms with E-state index in [2.05, 4.69) is 4.98 Å². The van der Waals surface area contributed by atoms with Gasteiger partial charge in [-0.05, 0) is 23.8 Å². The number of hydrogen-bond acceptors (Lipinski definition) is 6. The molecule has 1 atom stereocenters. The number of carbonyl (C=O) groups is 1. The molecule has 0 fully saturated rings. The Morgan fingerprint density at radius 3 is 2.88 bits per heavy atom. The summed E-state index contributed by atoms with van der Waals surface area (Å²) in [5, 5.41) is 0. The predicted octanol–water partition coefficient (Wildman–Crippen LogP) is 1.24. The van der Waals surface area contributed by atoms with Crippen molar-refractivity contribution in [3.63, 3.8) is 0 Å². The fourth-order valence-corrected chi connectivity index (χ4v) is 3.29. The van der Waals surface area contributed by atoms with Gasteiger partial charge in [-0.2, -0.15) is 0 Å². The second-order valence-corrected chi connectivity index (χ2v) is 7.75. The second kappa shape index (κ2) is 6.12. The van der Waals surface area contributed by atoms with Crippen LogP contribution >= 0.6 is 0 Å². The Morgan fingerprint density at radius 1 is 1.38 bits per heavy atom. The summed E-state index contributed by atoms with van der Waals surface area (Å²) < 4.78 is 34.4. The maximum absolute atomic E-state index is 11.4. The van der Waals surface area contributed by atoms with Gasteiger partial charge in [0.05, 0.1) is 11.3 Å². The number of amides is 1. The Bertz CT molecular complexity index is 895. The van der Waals surface area contributed by atoms with Gasteiger partial charge in [-0.1, -0.05) is 6.07 Å². The summed E-state index contributed by atoms with van der Waals surface area (Å²) in [4.78, 5) is 15.5. The van der Waals surface area contributed by atoms with Gasteiger partial charge >= 0.3 is 0 Å². The van der Waals surface area contributed by atoms with Crippen molar-refractivity contribution in [3.05, 3.63) is 53.3 Å². The van der Waals surface area contributed by atoms with Gasteiger partial charge in [0.25, 0.3) is 5.91 Å². The van der Waals surface area contributed by atoms with E-state index in [9.17, 15) is 13.2 Å². The van der Waals surface area contributed by atoms with Gasteiger partial charge in [0.2, 0.25) is 0 Å². The third-order valence-electron chi connectivity index (χ3n) is 3.51. The van der Waals surface area contributed by atoms with Crippen LogP contribution in [0.2, 0.25) is 0 Å². The Labute approximate surface area is 139 Å². The van der Waals surface area contributed by atoms with E-state index in [1.54, 1.807) is 30.5 Å². The molecule has 2 heterocycles. The summed E-state index contributed by atoms with van der Waals surface area (Å²) >= 11 is 0. The van der Waals surface area contributed by atoms with Gasteiger partial charge in [0.15, 0.2) is 27.4 Å². The molecule has 2 aromatic rings. The van der Waals surface area contributed by atoms with E-state index in [1.165, 1.54) is 12.5 Å². The van der Waals surface area contributed by atoms with Crippen LogP contribution in [0.25, 0.3) is 0 Å². The number of aromatic nitrogens is 1. The van der Waals surface area contributed by atoms with E-state index >= 15 is 0 Å². The van der Waals surface area contributed by atoms with Crippen LogP contribution in [-0.4, -0.2) is 32.2 Å². The average molecular weight is 348 g/mol. The first-order valence-electron chi connectivity index (χ1n) is 7.17. The van der Waals surface area contributed by atoms with Gasteiger partial charge in [-0.25, -0.2) is 8.42 Å². The Balaban J connectivity index is 1.87. The molecule has 0 saturated heterocycles. The molecular weight excluding hydrogens is 332 g/mol. The lowest BCUT2D eigenvalue weighted by Gasteiger charge is -2.27. The molecule has 2 N–H and O–H groups in total. The molecule has 24 heavy (non-hydrogen) atoms. The van der Waals surface area contributed by atoms with Crippen molar-refractivity contribution in [2.24, 2.45) is 5.73 Å². The first-order valence-corrected chi connectivity index (χ1v) is 9.23. The molecule has 3 rings (SSSR count). The minimum absolute atomic E-state index is 0.0934. The van der Waals surface area contributed by atoms with Crippen LogP contribution in [0, 0.1) is 0 Å². The highest BCUT2D eigenvalue weighted by Crippen LogP contribution is 2.38. The number of carbonyl (C=O) groups excluding carboxylic acids is 1. The van der Waals surface area contributed by atoms with Gasteiger partial charge in [-0.3, -0.25) is 9.78 Å². The summed E-state index contributed by atoms with van der Waals surface area (Å²) in [5.41, 5.74) is 6.86. The van der Waals surface area contributed by atoms with Crippen molar-refractivity contribution < 1.29 is 22.7 Å². The summed E-state index contributed by atoms with van der Waals surface area (Å²) in [6.45, 7) is 0.168. The van der Waals surface area contributed by atoms with Crippen molar-refractivity contribution >= 4 is 15.7 Å². The number of pyridine rings is 1. The van der Waals surface area contributed by atoms with E-state index in [0.717, 1.165) is 0 Å². The smallest absolute Gasteiger partial charge is 0.252 e. The molecule has 1 aliphatic heterocycles. The predicted molar refractivity (Wildman–Crippen MR) is 86.6 cm³/mol. The Hall–Kier alpha value is -2.61. The number of sulfone groups is 1. The molecule has 1 aromatic heterocycles. The van der Waals surface area contributed by atoms with E-state index < -0.39 is 21.8 Å². The van der Waals surface area contributed by atoms with Crippen LogP contribution in [-0.2, 0) is 15.6 Å². The van der Waals surface area contributed by atoms with Gasteiger partial charge in [-0.15, -0.1) is 0 Å². The minimum Gasteiger partial charge on any atom is -0.485 e. The molecule has 0 spiro atoms. The number of nitrogens with zero attached hydrogens (tertiary/aromatic N) is 1. The van der Waals surface area contributed by atoms with Crippen LogP contribution in [0.4, 0.5) is 0 Å². The molecule has 8 heteroatoms. The third kappa shape index (κ3) is 3.48. The van der Waals surface area contributed by atoms with Crippen molar-refractivity contribution in [2.45, 2.75) is 11.9 Å². The monoisotopic (exact) mass is 348 g/mol. The summed E-state index contributed by atoms with van der Waals surface area (Å²) in [6.07, 6.45) is 3.82. The number of fused-ring (bicyclic) bond motifs is 1. The summed E-state index contributed by atoms with van der Waals surface area (Å²) in [7, 11) is -3.15. The lowest BCUT2D eigenvalue weighted by Crippen LogP contribution is -2.24. The standard InChI is InChI=1S/C16H16N2O5S/c1-24(20,21)9-10-5-11(7-18-6-10)14-8-22-15-12(16(17)19)3-2-4-13(15)23-14/h2-7,14H,8-9H2,1H3,(H2,17,19). The molecule has 0 saturated carbocycles. The molecule has 0 radical (unpaired) electrons. The molecule has 0 aliphatic carbocycles. The third-order valence-corrected chi connectivity index (χ3v) is 4.37. The van der Waals surface area contributed by atoms with Crippen LogP contribution in [0.3, 0.4) is 0 Å². The number of nitrogens with two attached hydrogens (primary N) is 1. The summed E-state index contributed by atoms with van der Waals surface area (Å²) in [5.74, 6) is 0.0485. The molecular formula is C16H16N2O5S. The largest absolute Gasteiger partial charge is 0.485 e. The highest BCUT2D eigenvalue weighted by Gasteiger charge is 2.26. The molecule has 1 unspecified atom stereocenters. The fraction of sp³-hybridized carbons (Fsp3) is 0.250. The number of rotatable bonds is 4. The van der Waals surface area contributed by atoms with Crippen LogP contribution in [0.5, 0.6) is 11.5 Å². The van der Waals surface area contributed by atoms with Gasteiger partial charge in [0, 0.05) is 24.2 Å². The summed E-state index contributed by atoms with van der Waals surface area (Å²) in [6, 6.07) is 6.63. The number of benzene rings is 1. The lowest BCUT2D eigenvalue weighted by molar-refractivity contribution is 0.0861. The topological polar surface area (TPSA) is 109 Å². The second-order valence-electron chi connectivity index (χ2n) is 5.61. The van der Waals surface area contributed by atoms with Gasteiger partial charge < -0.3 is 15.2 Å². The van der Waals surface area contributed by atoms with Crippen molar-refractivity contribution in [1.29, 1.82) is 0 Å². The maximum atomic E-state index is 11.4. The van der Waals surface area contributed by atoms with E-state index in [-0.39, 0.29) is 17.9 Å². The number of para-hydroxylation sites is 1. The fourth-order valence-electron chi connectivity index (χ4n) is 2.53. The van der Waals surface area contributed by atoms with Crippen LogP contribution in [0.15, 0.2) is 36.7 Å². The quantitative estimate of drug-likeness (QED) is 0.890. The van der Waals surface area contributed by atoms with Crippen LogP contribution < -0.4 is 15.2 Å². The highest BCUT2D eigenvalue weighted by molar-refractivity contribution is 7.89. The maximum Gasteiger partial charge on any atom is 0.252 e. The zero-order valence-electron chi connectivity index (χ0n) is 12.9. The van der Waals surface area contributed by atoms with Crippen molar-refractivity contribution in [1.82, 2.24) is 4.98 Å². The lowest BCUT2D eigenvalue weighted by atomic mass is 10.1. The molecule has 1 amide bonds. The molecule has 1 aliphatic rings. The molecule has 0 bridgehead atoms. The van der Waals surface area contributed by atoms with E-state index in [4.69, 9.17) is 15.2 Å². The van der Waals surface area contributed by atoms with Gasteiger partial charge in [0.1, 0.15) is 6.61 Å². The van der Waals surface area contributed by atoms with Crippen molar-refractivity contribution in [2.75, 3.05) is 12.9 Å². The van der Waals surface area contributed by atoms with E-state index in [0.29, 0.717) is 22.6 Å². The highest BCUT2D eigenvalue weighted by atomic mass is 32.2. The van der Waals surface area contributed by atoms with Crippen molar-refractivity contribution in [3.8, 4) is 11.5 Å². The number of hydrogen-bond donors (Lipinski definition) is 1. The van der Waals surface area contributed by atoms with E-state index in [1.807, 2.05) is 0 Å². The normalized spacial score (nSPS) is 16.6. The first-order chi connectivity index (χ1) is 11.3. The zero-order chi connectivity index (χ0) is 17.3. The molecule has 1 aromatic carbocycles. The minimum atomic E-state index is -3.15. The zero-order valence-corrected chi connectivity index (χ0v) is 13.7. The SMILES string of the molecule is CS(=O)(=O)Cc1cncc(C2COc3c(cccc3C(N)=O)O2)c1. The Morgan fingerprint density at radius 2 is 2.17 bits per heavy atom. The Kier molecular flexibility index (Phi) is 4.15.